The zero-order valence-corrected chi connectivity index (χ0v) is 15.1. The van der Waals surface area contributed by atoms with E-state index in [0.29, 0.717) is 17.4 Å². The average molecular weight is 355 g/mol. The van der Waals surface area contributed by atoms with Crippen molar-refractivity contribution >= 4 is 11.7 Å². The van der Waals surface area contributed by atoms with Crippen LogP contribution in [0.2, 0.25) is 0 Å². The van der Waals surface area contributed by atoms with Gasteiger partial charge in [0.05, 0.1) is 12.8 Å². The highest BCUT2D eigenvalue weighted by Gasteiger charge is 2.26. The number of amides is 2. The molecule has 1 aliphatic heterocycles. The van der Waals surface area contributed by atoms with Gasteiger partial charge in [-0.05, 0) is 49.2 Å². The topological polar surface area (TPSA) is 63.7 Å². The van der Waals surface area contributed by atoms with Gasteiger partial charge in [0.25, 0.3) is 0 Å². The number of pyridine rings is 1. The van der Waals surface area contributed by atoms with E-state index in [9.17, 15) is 4.79 Å². The quantitative estimate of drug-likeness (QED) is 0.758. The number of ether oxygens (including phenoxy) is 2. The van der Waals surface area contributed by atoms with Crippen LogP contribution < -0.4 is 10.1 Å². The molecule has 138 valence electrons. The predicted molar refractivity (Wildman–Crippen MR) is 101 cm³/mol. The summed E-state index contributed by atoms with van der Waals surface area (Å²) < 4.78 is 11.3. The summed E-state index contributed by atoms with van der Waals surface area (Å²) in [4.78, 5) is 18.3. The number of hydrogen-bond donors (Lipinski definition) is 1. The highest BCUT2D eigenvalue weighted by atomic mass is 16.5. The summed E-state index contributed by atoms with van der Waals surface area (Å²) in [5, 5.41) is 2.94. The number of urea groups is 1. The second-order valence-corrected chi connectivity index (χ2v) is 6.42. The van der Waals surface area contributed by atoms with E-state index in [0.717, 1.165) is 44.8 Å². The van der Waals surface area contributed by atoms with Crippen molar-refractivity contribution in [3.8, 4) is 11.5 Å². The summed E-state index contributed by atoms with van der Waals surface area (Å²) in [6.45, 7) is 5.14. The largest absolute Gasteiger partial charge is 0.456 e. The SMILES string of the molecule is CCCOC[C@H]1CCN(C(=O)Nc2ccc(Oc3cccnc3)cc2)C1. The van der Waals surface area contributed by atoms with Crippen LogP contribution in [0, 0.1) is 5.92 Å². The Bertz CT molecular complexity index is 691. The molecule has 3 rings (SSSR count). The number of hydrogen-bond acceptors (Lipinski definition) is 4. The van der Waals surface area contributed by atoms with Gasteiger partial charge in [-0.15, -0.1) is 0 Å². The van der Waals surface area contributed by atoms with E-state index >= 15 is 0 Å². The Morgan fingerprint density at radius 1 is 1.27 bits per heavy atom. The van der Waals surface area contributed by atoms with Gasteiger partial charge in [-0.25, -0.2) is 4.79 Å². The number of carbonyl (C=O) groups is 1. The lowest BCUT2D eigenvalue weighted by Crippen LogP contribution is -2.33. The van der Waals surface area contributed by atoms with Crippen LogP contribution in [0.25, 0.3) is 0 Å². The van der Waals surface area contributed by atoms with Crippen molar-refractivity contribution in [2.75, 3.05) is 31.6 Å². The maximum atomic E-state index is 12.4. The smallest absolute Gasteiger partial charge is 0.321 e. The first-order valence-corrected chi connectivity index (χ1v) is 9.06. The third-order valence-electron chi connectivity index (χ3n) is 4.25. The third kappa shape index (κ3) is 5.20. The number of aromatic nitrogens is 1. The molecule has 26 heavy (non-hydrogen) atoms. The summed E-state index contributed by atoms with van der Waals surface area (Å²) in [6.07, 6.45) is 5.38. The lowest BCUT2D eigenvalue weighted by atomic mass is 10.1. The first-order chi connectivity index (χ1) is 12.7. The highest BCUT2D eigenvalue weighted by molar-refractivity contribution is 5.89. The first kappa shape index (κ1) is 18.2. The zero-order chi connectivity index (χ0) is 18.2. The van der Waals surface area contributed by atoms with Gasteiger partial charge in [-0.3, -0.25) is 4.98 Å². The lowest BCUT2D eigenvalue weighted by molar-refractivity contribution is 0.103. The van der Waals surface area contributed by atoms with E-state index in [1.807, 2.05) is 41.3 Å². The molecule has 1 aromatic carbocycles. The van der Waals surface area contributed by atoms with Crippen LogP contribution in [-0.4, -0.2) is 42.2 Å². The zero-order valence-electron chi connectivity index (χ0n) is 15.1. The van der Waals surface area contributed by atoms with E-state index in [-0.39, 0.29) is 6.03 Å². The Kier molecular flexibility index (Phi) is 6.44. The van der Waals surface area contributed by atoms with Gasteiger partial charge < -0.3 is 19.7 Å². The first-order valence-electron chi connectivity index (χ1n) is 9.06. The van der Waals surface area contributed by atoms with E-state index in [1.54, 1.807) is 12.4 Å². The van der Waals surface area contributed by atoms with Crippen LogP contribution in [0.1, 0.15) is 19.8 Å². The molecule has 1 saturated heterocycles. The molecule has 2 amide bonds. The summed E-state index contributed by atoms with van der Waals surface area (Å²) in [7, 11) is 0. The summed E-state index contributed by atoms with van der Waals surface area (Å²) >= 11 is 0. The Morgan fingerprint density at radius 2 is 2.12 bits per heavy atom. The standard InChI is InChI=1S/C20H25N3O3/c1-2-12-25-15-16-9-11-23(14-16)20(24)22-17-5-7-18(8-6-17)26-19-4-3-10-21-13-19/h3-8,10,13,16H,2,9,11-12,14-15H2,1H3,(H,22,24)/t16-/m0/s1. The van der Waals surface area contributed by atoms with Gasteiger partial charge >= 0.3 is 6.03 Å². The Hall–Kier alpha value is -2.60. The Morgan fingerprint density at radius 3 is 2.85 bits per heavy atom. The fourth-order valence-electron chi connectivity index (χ4n) is 2.90. The Labute approximate surface area is 154 Å². The molecule has 0 aliphatic carbocycles. The predicted octanol–water partition coefficient (Wildman–Crippen LogP) is 4.15. The van der Waals surface area contributed by atoms with Crippen LogP contribution >= 0.6 is 0 Å². The maximum absolute atomic E-state index is 12.4. The number of rotatable bonds is 7. The van der Waals surface area contributed by atoms with Crippen molar-refractivity contribution in [1.29, 1.82) is 0 Å². The fraction of sp³-hybridized carbons (Fsp3) is 0.400. The van der Waals surface area contributed by atoms with E-state index in [2.05, 4.69) is 17.2 Å². The summed E-state index contributed by atoms with van der Waals surface area (Å²) in [6, 6.07) is 10.9. The van der Waals surface area contributed by atoms with Gasteiger partial charge in [0.1, 0.15) is 11.5 Å². The molecule has 0 unspecified atom stereocenters. The number of carbonyl (C=O) groups excluding carboxylic acids is 1. The van der Waals surface area contributed by atoms with Crippen LogP contribution in [0.3, 0.4) is 0 Å². The minimum atomic E-state index is -0.0658. The molecule has 1 fully saturated rings. The molecule has 2 aromatic rings. The number of likely N-dealkylation sites (tertiary alicyclic amines) is 1. The van der Waals surface area contributed by atoms with Gasteiger partial charge in [-0.1, -0.05) is 6.92 Å². The summed E-state index contributed by atoms with van der Waals surface area (Å²) in [5.74, 6) is 1.81. The highest BCUT2D eigenvalue weighted by Crippen LogP contribution is 2.23. The van der Waals surface area contributed by atoms with Crippen molar-refractivity contribution < 1.29 is 14.3 Å². The second-order valence-electron chi connectivity index (χ2n) is 6.42. The maximum Gasteiger partial charge on any atom is 0.321 e. The van der Waals surface area contributed by atoms with Crippen molar-refractivity contribution in [3.63, 3.8) is 0 Å². The monoisotopic (exact) mass is 355 g/mol. The number of nitrogens with one attached hydrogen (secondary N) is 1. The van der Waals surface area contributed by atoms with Gasteiger partial charge in [0, 0.05) is 37.5 Å². The second kappa shape index (κ2) is 9.20. The third-order valence-corrected chi connectivity index (χ3v) is 4.25. The van der Waals surface area contributed by atoms with E-state index in [1.165, 1.54) is 0 Å². The van der Waals surface area contributed by atoms with Crippen molar-refractivity contribution in [2.45, 2.75) is 19.8 Å². The molecule has 1 N–H and O–H groups in total. The number of nitrogens with zero attached hydrogens (tertiary/aromatic N) is 2. The molecular weight excluding hydrogens is 330 g/mol. The molecule has 0 saturated carbocycles. The van der Waals surface area contributed by atoms with Crippen molar-refractivity contribution in [3.05, 3.63) is 48.8 Å². The fourth-order valence-corrected chi connectivity index (χ4v) is 2.90. The van der Waals surface area contributed by atoms with Gasteiger partial charge in [0.2, 0.25) is 0 Å². The minimum absolute atomic E-state index is 0.0658. The van der Waals surface area contributed by atoms with Crippen LogP contribution in [-0.2, 0) is 4.74 Å². The Balaban J connectivity index is 1.47. The minimum Gasteiger partial charge on any atom is -0.456 e. The lowest BCUT2D eigenvalue weighted by Gasteiger charge is -2.17. The molecule has 1 atom stereocenters. The summed E-state index contributed by atoms with van der Waals surface area (Å²) in [5.41, 5.74) is 0.749. The van der Waals surface area contributed by atoms with Gasteiger partial charge in [0.15, 0.2) is 0 Å². The van der Waals surface area contributed by atoms with Crippen molar-refractivity contribution in [1.82, 2.24) is 9.88 Å². The van der Waals surface area contributed by atoms with Gasteiger partial charge in [-0.2, -0.15) is 0 Å². The number of benzene rings is 1. The molecule has 1 aliphatic rings. The molecule has 0 bridgehead atoms. The van der Waals surface area contributed by atoms with Crippen molar-refractivity contribution in [2.24, 2.45) is 5.92 Å². The molecule has 6 heteroatoms. The molecule has 6 nitrogen and oxygen atoms in total. The van der Waals surface area contributed by atoms with Crippen LogP contribution in [0.4, 0.5) is 10.5 Å². The molecule has 0 radical (unpaired) electrons. The van der Waals surface area contributed by atoms with Crippen LogP contribution in [0.5, 0.6) is 11.5 Å². The van der Waals surface area contributed by atoms with E-state index < -0.39 is 0 Å². The molecule has 2 heterocycles. The van der Waals surface area contributed by atoms with Crippen LogP contribution in [0.15, 0.2) is 48.8 Å². The van der Waals surface area contributed by atoms with E-state index in [4.69, 9.17) is 9.47 Å². The average Bonchev–Trinajstić information content (AvgIpc) is 3.14. The number of anilines is 1. The molecule has 1 aromatic heterocycles. The molecule has 0 spiro atoms. The normalized spacial score (nSPS) is 16.5. The molecular formula is C20H25N3O3.